The Morgan fingerprint density at radius 2 is 0.875 bits per heavy atom. The molecule has 0 amide bonds. The predicted molar refractivity (Wildman–Crippen MR) is 208 cm³/mol. The smallest absolute Gasteiger partial charge is 0.0639 e. The van der Waals surface area contributed by atoms with Gasteiger partial charge in [0.15, 0.2) is 0 Å². The van der Waals surface area contributed by atoms with Crippen molar-refractivity contribution in [2.75, 3.05) is 4.90 Å². The first-order valence-corrected chi connectivity index (χ1v) is 17.2. The second kappa shape index (κ2) is 12.0. The molecule has 2 heteroatoms. The lowest BCUT2D eigenvalue weighted by atomic mass is 9.91. The van der Waals surface area contributed by atoms with Crippen molar-refractivity contribution in [2.45, 2.75) is 0 Å². The summed E-state index contributed by atoms with van der Waals surface area (Å²) >= 11 is 1.89. The highest BCUT2D eigenvalue weighted by atomic mass is 32.1. The summed E-state index contributed by atoms with van der Waals surface area (Å²) in [6.07, 6.45) is 0. The molecule has 0 fully saturated rings. The van der Waals surface area contributed by atoms with Crippen LogP contribution in [0.1, 0.15) is 0 Å². The highest BCUT2D eigenvalue weighted by Crippen LogP contribution is 2.53. The molecule has 226 valence electrons. The minimum absolute atomic E-state index is 1.11. The van der Waals surface area contributed by atoms with Gasteiger partial charge in [0.05, 0.1) is 5.69 Å². The van der Waals surface area contributed by atoms with Crippen molar-refractivity contribution in [3.8, 4) is 33.4 Å². The van der Waals surface area contributed by atoms with Crippen LogP contribution in [0, 0.1) is 0 Å². The van der Waals surface area contributed by atoms with Crippen LogP contribution in [0.2, 0.25) is 0 Å². The highest BCUT2D eigenvalue weighted by molar-refractivity contribution is 7.26. The van der Waals surface area contributed by atoms with E-state index in [0.717, 1.165) is 11.4 Å². The van der Waals surface area contributed by atoms with E-state index >= 15 is 0 Å². The fourth-order valence-corrected chi connectivity index (χ4v) is 8.28. The van der Waals surface area contributed by atoms with E-state index in [1.165, 1.54) is 70.0 Å². The third-order valence-corrected chi connectivity index (χ3v) is 10.4. The van der Waals surface area contributed by atoms with Gasteiger partial charge in [-0.2, -0.15) is 0 Å². The number of nitrogens with zero attached hydrogens (tertiary/aromatic N) is 1. The Bertz CT molecular complexity index is 2530. The second-order valence-electron chi connectivity index (χ2n) is 12.1. The first-order chi connectivity index (χ1) is 23.8. The summed E-state index contributed by atoms with van der Waals surface area (Å²) in [6.45, 7) is 0. The van der Waals surface area contributed by atoms with Crippen LogP contribution in [-0.2, 0) is 0 Å². The van der Waals surface area contributed by atoms with Crippen molar-refractivity contribution in [3.05, 3.63) is 188 Å². The van der Waals surface area contributed by atoms with Crippen LogP contribution < -0.4 is 4.90 Å². The molecule has 0 aliphatic carbocycles. The topological polar surface area (TPSA) is 3.24 Å². The average Bonchev–Trinajstić information content (AvgIpc) is 3.56. The maximum absolute atomic E-state index is 2.50. The third-order valence-electron chi connectivity index (χ3n) is 9.24. The Balaban J connectivity index is 1.41. The van der Waals surface area contributed by atoms with E-state index in [4.69, 9.17) is 0 Å². The Hall–Kier alpha value is -5.96. The lowest BCUT2D eigenvalue weighted by Gasteiger charge is -2.30. The van der Waals surface area contributed by atoms with Gasteiger partial charge in [0, 0.05) is 42.5 Å². The Morgan fingerprint density at radius 3 is 1.56 bits per heavy atom. The zero-order valence-corrected chi connectivity index (χ0v) is 27.1. The molecule has 0 aliphatic heterocycles. The summed E-state index contributed by atoms with van der Waals surface area (Å²) < 4.78 is 2.60. The molecule has 0 N–H and O–H groups in total. The van der Waals surface area contributed by atoms with Crippen molar-refractivity contribution >= 4 is 59.3 Å². The molecule has 1 aromatic heterocycles. The fourth-order valence-electron chi connectivity index (χ4n) is 7.04. The van der Waals surface area contributed by atoms with Gasteiger partial charge in [-0.25, -0.2) is 0 Å². The SMILES string of the molecule is c1ccc(-c2ccc(N(c3cccc(-c4ccccc4)c3)c3c(-c4ccccc4)c4ccccc4c4sc5ccccc5c34)cc2)cc1. The fraction of sp³-hybridized carbons (Fsp3) is 0. The number of hydrogen-bond donors (Lipinski definition) is 0. The summed E-state index contributed by atoms with van der Waals surface area (Å²) in [4.78, 5) is 2.50. The number of thiophene rings is 1. The van der Waals surface area contributed by atoms with Crippen LogP contribution in [0.15, 0.2) is 188 Å². The Kier molecular flexibility index (Phi) is 7.07. The van der Waals surface area contributed by atoms with Crippen molar-refractivity contribution in [1.29, 1.82) is 0 Å². The normalized spacial score (nSPS) is 11.3. The van der Waals surface area contributed by atoms with E-state index in [1.807, 2.05) is 11.3 Å². The van der Waals surface area contributed by atoms with Gasteiger partial charge in [0.1, 0.15) is 0 Å². The predicted octanol–water partition coefficient (Wildman–Crippen LogP) is 13.7. The van der Waals surface area contributed by atoms with Gasteiger partial charge in [-0.1, -0.05) is 158 Å². The largest absolute Gasteiger partial charge is 0.309 e. The zero-order valence-electron chi connectivity index (χ0n) is 26.3. The molecule has 0 aliphatic rings. The van der Waals surface area contributed by atoms with Gasteiger partial charge in [0.2, 0.25) is 0 Å². The highest BCUT2D eigenvalue weighted by Gasteiger charge is 2.26. The lowest BCUT2D eigenvalue weighted by Crippen LogP contribution is -2.12. The monoisotopic (exact) mass is 629 g/mol. The molecule has 0 unspecified atom stereocenters. The number of anilines is 3. The molecule has 8 aromatic carbocycles. The average molecular weight is 630 g/mol. The number of benzene rings is 8. The van der Waals surface area contributed by atoms with E-state index in [9.17, 15) is 0 Å². The van der Waals surface area contributed by atoms with Crippen molar-refractivity contribution in [3.63, 3.8) is 0 Å². The summed E-state index contributed by atoms with van der Waals surface area (Å²) in [5.41, 5.74) is 10.7. The molecule has 48 heavy (non-hydrogen) atoms. The van der Waals surface area contributed by atoms with Crippen LogP contribution in [0.4, 0.5) is 17.1 Å². The molecule has 1 heterocycles. The van der Waals surface area contributed by atoms with Crippen LogP contribution in [0.25, 0.3) is 64.3 Å². The number of hydrogen-bond acceptors (Lipinski definition) is 2. The molecule has 9 aromatic rings. The Labute approximate surface area is 284 Å². The summed E-state index contributed by atoms with van der Waals surface area (Å²) in [5, 5.41) is 5.10. The first kappa shape index (κ1) is 28.3. The minimum Gasteiger partial charge on any atom is -0.309 e. The zero-order chi connectivity index (χ0) is 31.9. The van der Waals surface area contributed by atoms with Crippen LogP contribution in [0.3, 0.4) is 0 Å². The van der Waals surface area contributed by atoms with Crippen LogP contribution in [-0.4, -0.2) is 0 Å². The molecule has 9 rings (SSSR count). The number of fused-ring (bicyclic) bond motifs is 5. The quantitative estimate of drug-likeness (QED) is 0.177. The lowest BCUT2D eigenvalue weighted by molar-refractivity contribution is 1.30. The molecular formula is C46H31NS. The van der Waals surface area contributed by atoms with Crippen molar-refractivity contribution < 1.29 is 0 Å². The van der Waals surface area contributed by atoms with Gasteiger partial charge in [0.25, 0.3) is 0 Å². The van der Waals surface area contributed by atoms with Crippen molar-refractivity contribution in [2.24, 2.45) is 0 Å². The maximum Gasteiger partial charge on any atom is 0.0639 e. The van der Waals surface area contributed by atoms with Gasteiger partial charge >= 0.3 is 0 Å². The molecule has 0 bridgehead atoms. The second-order valence-corrected chi connectivity index (χ2v) is 13.2. The van der Waals surface area contributed by atoms with Crippen molar-refractivity contribution in [1.82, 2.24) is 0 Å². The summed E-state index contributed by atoms with van der Waals surface area (Å²) in [5.74, 6) is 0. The van der Waals surface area contributed by atoms with E-state index in [1.54, 1.807) is 0 Å². The van der Waals surface area contributed by atoms with E-state index < -0.39 is 0 Å². The molecule has 0 saturated carbocycles. The minimum atomic E-state index is 1.11. The Morgan fingerprint density at radius 1 is 0.354 bits per heavy atom. The van der Waals surface area contributed by atoms with Gasteiger partial charge < -0.3 is 4.90 Å². The van der Waals surface area contributed by atoms with Gasteiger partial charge in [-0.05, 0) is 63.5 Å². The molecule has 1 nitrogen and oxygen atoms in total. The standard InChI is InChI=1S/C46H31NS/c1-4-15-32(16-5-1)34-27-29-37(30-28-34)47(38-22-14-21-36(31-38)33-17-6-2-7-18-33)45-43(35-19-8-3-9-20-35)39-23-10-11-24-40(39)46-44(45)41-25-12-13-26-42(41)48-46/h1-31H. The van der Waals surface area contributed by atoms with E-state index in [2.05, 4.69) is 193 Å². The molecular weight excluding hydrogens is 599 g/mol. The molecule has 0 saturated heterocycles. The maximum atomic E-state index is 2.50. The summed E-state index contributed by atoms with van der Waals surface area (Å²) in [7, 11) is 0. The third kappa shape index (κ3) is 4.86. The summed E-state index contributed by atoms with van der Waals surface area (Å²) in [6, 6.07) is 68.1. The van der Waals surface area contributed by atoms with Crippen LogP contribution >= 0.6 is 11.3 Å². The first-order valence-electron chi connectivity index (χ1n) is 16.4. The molecule has 0 atom stereocenters. The molecule has 0 radical (unpaired) electrons. The van der Waals surface area contributed by atoms with Gasteiger partial charge in [-0.15, -0.1) is 11.3 Å². The number of rotatable bonds is 6. The van der Waals surface area contributed by atoms with E-state index in [-0.39, 0.29) is 0 Å². The van der Waals surface area contributed by atoms with Crippen LogP contribution in [0.5, 0.6) is 0 Å². The van der Waals surface area contributed by atoms with Gasteiger partial charge in [-0.3, -0.25) is 0 Å². The van der Waals surface area contributed by atoms with E-state index in [0.29, 0.717) is 0 Å². The molecule has 0 spiro atoms.